The Labute approximate surface area is 73.6 Å². The number of rotatable bonds is 1. The quantitative estimate of drug-likeness (QED) is 0.631. The Balaban J connectivity index is 2.25. The molecule has 0 aliphatic heterocycles. The molecule has 0 spiro atoms. The summed E-state index contributed by atoms with van der Waals surface area (Å²) >= 11 is 3.49. The standard InChI is InChI=1S/C9H8BrF/c10-9-5-8(9)6-2-1-3-7(11)4-6/h1-4,8-9H,5H2/t8-,9+/m1/s1. The lowest BCUT2D eigenvalue weighted by Crippen LogP contribution is -1.82. The summed E-state index contributed by atoms with van der Waals surface area (Å²) in [7, 11) is 0. The highest BCUT2D eigenvalue weighted by atomic mass is 79.9. The number of hydrogen-bond donors (Lipinski definition) is 0. The van der Waals surface area contributed by atoms with Crippen molar-refractivity contribution in [1.29, 1.82) is 0 Å². The summed E-state index contributed by atoms with van der Waals surface area (Å²) in [5, 5.41) is 0. The first-order chi connectivity index (χ1) is 5.27. The van der Waals surface area contributed by atoms with Gasteiger partial charge >= 0.3 is 0 Å². The molecule has 0 aromatic heterocycles. The number of halogens is 2. The zero-order valence-electron chi connectivity index (χ0n) is 5.93. The molecule has 0 saturated heterocycles. The summed E-state index contributed by atoms with van der Waals surface area (Å²) in [5.74, 6) is 0.416. The van der Waals surface area contributed by atoms with E-state index in [1.165, 1.54) is 6.07 Å². The van der Waals surface area contributed by atoms with Gasteiger partial charge in [0.1, 0.15) is 5.82 Å². The average molecular weight is 215 g/mol. The molecule has 2 rings (SSSR count). The number of benzene rings is 1. The highest BCUT2D eigenvalue weighted by Gasteiger charge is 2.35. The van der Waals surface area contributed by atoms with Crippen LogP contribution < -0.4 is 0 Å². The van der Waals surface area contributed by atoms with Crippen LogP contribution in [0.4, 0.5) is 4.39 Å². The zero-order chi connectivity index (χ0) is 7.84. The Kier molecular flexibility index (Phi) is 1.72. The molecule has 1 aromatic carbocycles. The van der Waals surface area contributed by atoms with Gasteiger partial charge in [-0.2, -0.15) is 0 Å². The molecule has 2 atom stereocenters. The molecule has 0 bridgehead atoms. The first kappa shape index (κ1) is 7.29. The van der Waals surface area contributed by atoms with E-state index >= 15 is 0 Å². The lowest BCUT2D eigenvalue weighted by Gasteiger charge is -1.96. The van der Waals surface area contributed by atoms with Crippen molar-refractivity contribution in [2.45, 2.75) is 17.2 Å². The van der Waals surface area contributed by atoms with Crippen molar-refractivity contribution in [1.82, 2.24) is 0 Å². The van der Waals surface area contributed by atoms with E-state index in [1.54, 1.807) is 12.1 Å². The van der Waals surface area contributed by atoms with Gasteiger partial charge in [-0.3, -0.25) is 0 Å². The first-order valence-corrected chi connectivity index (χ1v) is 4.58. The maximum Gasteiger partial charge on any atom is 0.123 e. The minimum atomic E-state index is -0.130. The average Bonchev–Trinajstić information content (AvgIpc) is 2.67. The summed E-state index contributed by atoms with van der Waals surface area (Å²) in [4.78, 5) is 0.573. The fraction of sp³-hybridized carbons (Fsp3) is 0.333. The van der Waals surface area contributed by atoms with Crippen molar-refractivity contribution in [3.8, 4) is 0 Å². The van der Waals surface area contributed by atoms with Crippen molar-refractivity contribution in [2.75, 3.05) is 0 Å². The second kappa shape index (κ2) is 2.59. The molecule has 2 heteroatoms. The van der Waals surface area contributed by atoms with Crippen LogP contribution in [0.3, 0.4) is 0 Å². The highest BCUT2D eigenvalue weighted by Crippen LogP contribution is 2.46. The van der Waals surface area contributed by atoms with Crippen molar-refractivity contribution in [3.63, 3.8) is 0 Å². The first-order valence-electron chi connectivity index (χ1n) is 3.67. The van der Waals surface area contributed by atoms with Crippen molar-refractivity contribution < 1.29 is 4.39 Å². The molecule has 0 heterocycles. The third-order valence-corrected chi connectivity index (χ3v) is 3.00. The molecule has 0 nitrogen and oxygen atoms in total. The minimum Gasteiger partial charge on any atom is -0.207 e. The van der Waals surface area contributed by atoms with E-state index in [0.717, 1.165) is 12.0 Å². The monoisotopic (exact) mass is 214 g/mol. The maximum absolute atomic E-state index is 12.7. The Bertz CT molecular complexity index is 272. The van der Waals surface area contributed by atoms with Gasteiger partial charge in [-0.25, -0.2) is 4.39 Å². The molecule has 0 unspecified atom stereocenters. The van der Waals surface area contributed by atoms with Gasteiger partial charge in [-0.05, 0) is 30.0 Å². The molecule has 0 radical (unpaired) electrons. The van der Waals surface area contributed by atoms with E-state index in [1.807, 2.05) is 6.07 Å². The summed E-state index contributed by atoms with van der Waals surface area (Å²) in [6.07, 6.45) is 1.14. The third-order valence-electron chi connectivity index (χ3n) is 1.99. The SMILES string of the molecule is Fc1cccc([C@H]2C[C@@H]2Br)c1. The largest absolute Gasteiger partial charge is 0.207 e. The van der Waals surface area contributed by atoms with Gasteiger partial charge in [0.15, 0.2) is 0 Å². The molecule has 0 N–H and O–H groups in total. The minimum absolute atomic E-state index is 0.130. The van der Waals surface area contributed by atoms with Crippen LogP contribution in [-0.2, 0) is 0 Å². The zero-order valence-corrected chi connectivity index (χ0v) is 7.51. The van der Waals surface area contributed by atoms with Crippen LogP contribution in [0.2, 0.25) is 0 Å². The maximum atomic E-state index is 12.7. The van der Waals surface area contributed by atoms with Gasteiger partial charge in [0.25, 0.3) is 0 Å². The summed E-state index contributed by atoms with van der Waals surface area (Å²) in [6.45, 7) is 0. The molecule has 0 amide bonds. The van der Waals surface area contributed by atoms with Crippen LogP contribution in [0.5, 0.6) is 0 Å². The highest BCUT2D eigenvalue weighted by molar-refractivity contribution is 9.09. The van der Waals surface area contributed by atoms with E-state index in [2.05, 4.69) is 15.9 Å². The predicted octanol–water partition coefficient (Wildman–Crippen LogP) is 3.08. The van der Waals surface area contributed by atoms with Crippen LogP contribution >= 0.6 is 15.9 Å². The topological polar surface area (TPSA) is 0 Å². The Morgan fingerprint density at radius 2 is 2.18 bits per heavy atom. The van der Waals surface area contributed by atoms with Crippen LogP contribution in [0.25, 0.3) is 0 Å². The molecule has 1 aromatic rings. The fourth-order valence-electron chi connectivity index (χ4n) is 1.25. The van der Waals surface area contributed by atoms with E-state index in [9.17, 15) is 4.39 Å². The lowest BCUT2D eigenvalue weighted by atomic mass is 10.1. The van der Waals surface area contributed by atoms with Gasteiger partial charge in [-0.1, -0.05) is 28.1 Å². The van der Waals surface area contributed by atoms with E-state index in [-0.39, 0.29) is 5.82 Å². The molecule has 1 aliphatic carbocycles. The van der Waals surface area contributed by atoms with E-state index in [0.29, 0.717) is 10.7 Å². The fourth-order valence-corrected chi connectivity index (χ4v) is 1.95. The van der Waals surface area contributed by atoms with Crippen LogP contribution in [0.1, 0.15) is 17.9 Å². The second-order valence-corrected chi connectivity index (χ2v) is 4.09. The molecule has 58 valence electrons. The van der Waals surface area contributed by atoms with Crippen LogP contribution in [-0.4, -0.2) is 4.83 Å². The summed E-state index contributed by atoms with van der Waals surface area (Å²) in [6, 6.07) is 6.85. The van der Waals surface area contributed by atoms with Gasteiger partial charge in [0.2, 0.25) is 0 Å². The molecular formula is C9H8BrF. The Morgan fingerprint density at radius 1 is 1.45 bits per heavy atom. The molecule has 11 heavy (non-hydrogen) atoms. The van der Waals surface area contributed by atoms with Crippen molar-refractivity contribution in [2.24, 2.45) is 0 Å². The molecular weight excluding hydrogens is 207 g/mol. The number of hydrogen-bond acceptors (Lipinski definition) is 0. The van der Waals surface area contributed by atoms with E-state index in [4.69, 9.17) is 0 Å². The summed E-state index contributed by atoms with van der Waals surface area (Å²) in [5.41, 5.74) is 1.12. The van der Waals surface area contributed by atoms with Crippen LogP contribution in [0.15, 0.2) is 24.3 Å². The Morgan fingerprint density at radius 3 is 2.73 bits per heavy atom. The number of alkyl halides is 1. The second-order valence-electron chi connectivity index (χ2n) is 2.91. The molecule has 1 aliphatic rings. The van der Waals surface area contributed by atoms with Crippen LogP contribution in [0, 0.1) is 5.82 Å². The van der Waals surface area contributed by atoms with Gasteiger partial charge in [-0.15, -0.1) is 0 Å². The third kappa shape index (κ3) is 1.45. The lowest BCUT2D eigenvalue weighted by molar-refractivity contribution is 0.625. The van der Waals surface area contributed by atoms with Gasteiger partial charge in [0, 0.05) is 4.83 Å². The van der Waals surface area contributed by atoms with Crippen molar-refractivity contribution >= 4 is 15.9 Å². The normalized spacial score (nSPS) is 28.5. The molecule has 1 saturated carbocycles. The van der Waals surface area contributed by atoms with Gasteiger partial charge in [0.05, 0.1) is 0 Å². The molecule has 1 fully saturated rings. The van der Waals surface area contributed by atoms with Gasteiger partial charge < -0.3 is 0 Å². The smallest absolute Gasteiger partial charge is 0.123 e. The summed E-state index contributed by atoms with van der Waals surface area (Å²) < 4.78 is 12.7. The predicted molar refractivity (Wildman–Crippen MR) is 46.5 cm³/mol. The van der Waals surface area contributed by atoms with E-state index < -0.39 is 0 Å². The Hall–Kier alpha value is -0.370. The van der Waals surface area contributed by atoms with Crippen molar-refractivity contribution in [3.05, 3.63) is 35.6 Å².